The molecule has 162 valence electrons. The highest BCUT2D eigenvalue weighted by Gasteiger charge is 2.23. The van der Waals surface area contributed by atoms with Gasteiger partial charge in [0.1, 0.15) is 0 Å². The van der Waals surface area contributed by atoms with Crippen LogP contribution in [-0.2, 0) is 0 Å². The number of piperazine rings is 1. The van der Waals surface area contributed by atoms with Crippen LogP contribution in [0.5, 0.6) is 0 Å². The lowest BCUT2D eigenvalue weighted by molar-refractivity contribution is -0.384. The van der Waals surface area contributed by atoms with E-state index in [4.69, 9.17) is 0 Å². The molecule has 32 heavy (non-hydrogen) atoms. The van der Waals surface area contributed by atoms with Gasteiger partial charge in [-0.05, 0) is 18.7 Å². The fraction of sp³-hybridized carbons (Fsp3) is 0.208. The number of hydrogen-bond acceptors (Lipinski definition) is 6. The molecule has 1 aliphatic rings. The van der Waals surface area contributed by atoms with E-state index in [0.29, 0.717) is 35.7 Å². The predicted octanol–water partition coefficient (Wildman–Crippen LogP) is 3.61. The molecule has 1 amide bonds. The number of non-ortho nitro benzene ring substituents is 1. The van der Waals surface area contributed by atoms with E-state index in [-0.39, 0.29) is 11.6 Å². The SMILES string of the molecule is CN1CCN(C(=O)c2cnc(-c3ccccc3)nc2/C=C/c2cccc([N+](=O)[O-])c2)CC1. The zero-order chi connectivity index (χ0) is 22.5. The van der Waals surface area contributed by atoms with E-state index in [1.165, 1.54) is 12.1 Å². The number of carbonyl (C=O) groups excluding carboxylic acids is 1. The Morgan fingerprint density at radius 3 is 2.50 bits per heavy atom. The van der Waals surface area contributed by atoms with Gasteiger partial charge in [0.05, 0.1) is 16.2 Å². The molecule has 2 heterocycles. The van der Waals surface area contributed by atoms with Crippen molar-refractivity contribution < 1.29 is 9.72 Å². The molecular formula is C24H23N5O3. The topological polar surface area (TPSA) is 92.5 Å². The Morgan fingerprint density at radius 2 is 1.78 bits per heavy atom. The largest absolute Gasteiger partial charge is 0.336 e. The number of likely N-dealkylation sites (N-methyl/N-ethyl adjacent to an activating group) is 1. The molecule has 2 aromatic carbocycles. The first-order valence-corrected chi connectivity index (χ1v) is 10.3. The van der Waals surface area contributed by atoms with Crippen molar-refractivity contribution in [1.82, 2.24) is 19.8 Å². The summed E-state index contributed by atoms with van der Waals surface area (Å²) in [5.41, 5.74) is 2.40. The molecule has 0 unspecified atom stereocenters. The molecule has 1 aromatic heterocycles. The van der Waals surface area contributed by atoms with Crippen LogP contribution in [0.25, 0.3) is 23.5 Å². The Hall–Kier alpha value is -3.91. The maximum Gasteiger partial charge on any atom is 0.270 e. The second kappa shape index (κ2) is 9.49. The van der Waals surface area contributed by atoms with Gasteiger partial charge >= 0.3 is 0 Å². The fourth-order valence-corrected chi connectivity index (χ4v) is 3.51. The average molecular weight is 429 g/mol. The molecule has 0 saturated carbocycles. The smallest absolute Gasteiger partial charge is 0.270 e. The van der Waals surface area contributed by atoms with Crippen molar-refractivity contribution in [3.63, 3.8) is 0 Å². The lowest BCUT2D eigenvalue weighted by Crippen LogP contribution is -2.47. The molecule has 8 heteroatoms. The summed E-state index contributed by atoms with van der Waals surface area (Å²) < 4.78 is 0. The first kappa shape index (κ1) is 21.3. The molecular weight excluding hydrogens is 406 g/mol. The van der Waals surface area contributed by atoms with Crippen molar-refractivity contribution >= 4 is 23.7 Å². The predicted molar refractivity (Wildman–Crippen MR) is 123 cm³/mol. The van der Waals surface area contributed by atoms with Crippen LogP contribution >= 0.6 is 0 Å². The van der Waals surface area contributed by atoms with Crippen LogP contribution in [0.4, 0.5) is 5.69 Å². The fourth-order valence-electron chi connectivity index (χ4n) is 3.51. The summed E-state index contributed by atoms with van der Waals surface area (Å²) in [6, 6.07) is 15.9. The van der Waals surface area contributed by atoms with Gasteiger partial charge < -0.3 is 9.80 Å². The van der Waals surface area contributed by atoms with Crippen LogP contribution in [0.15, 0.2) is 60.8 Å². The molecule has 0 bridgehead atoms. The van der Waals surface area contributed by atoms with Gasteiger partial charge in [0.25, 0.3) is 11.6 Å². The van der Waals surface area contributed by atoms with Gasteiger partial charge in [-0.15, -0.1) is 0 Å². The third-order valence-electron chi connectivity index (χ3n) is 5.39. The Bertz CT molecular complexity index is 1160. The number of rotatable bonds is 5. The summed E-state index contributed by atoms with van der Waals surface area (Å²) in [4.78, 5) is 37.0. The highest BCUT2D eigenvalue weighted by atomic mass is 16.6. The minimum atomic E-state index is -0.433. The second-order valence-electron chi connectivity index (χ2n) is 7.64. The highest BCUT2D eigenvalue weighted by Crippen LogP contribution is 2.21. The molecule has 0 spiro atoms. The van der Waals surface area contributed by atoms with Crippen LogP contribution in [0.1, 0.15) is 21.6 Å². The van der Waals surface area contributed by atoms with E-state index in [2.05, 4.69) is 14.9 Å². The minimum Gasteiger partial charge on any atom is -0.336 e. The highest BCUT2D eigenvalue weighted by molar-refractivity contribution is 5.98. The Kier molecular flexibility index (Phi) is 6.32. The molecule has 1 saturated heterocycles. The van der Waals surface area contributed by atoms with E-state index in [0.717, 1.165) is 18.7 Å². The minimum absolute atomic E-state index is 0.00792. The zero-order valence-corrected chi connectivity index (χ0v) is 17.7. The Morgan fingerprint density at radius 1 is 1.03 bits per heavy atom. The third-order valence-corrected chi connectivity index (χ3v) is 5.39. The molecule has 1 aliphatic heterocycles. The summed E-state index contributed by atoms with van der Waals surface area (Å²) in [6.07, 6.45) is 5.02. The lowest BCUT2D eigenvalue weighted by atomic mass is 10.1. The van der Waals surface area contributed by atoms with Crippen molar-refractivity contribution in [2.45, 2.75) is 0 Å². The number of hydrogen-bond donors (Lipinski definition) is 0. The summed E-state index contributed by atoms with van der Waals surface area (Å²) in [6.45, 7) is 2.91. The van der Waals surface area contributed by atoms with Gasteiger partial charge in [0.2, 0.25) is 0 Å². The molecule has 0 N–H and O–H groups in total. The standard InChI is InChI=1S/C24H23N5O3/c1-27-12-14-28(15-13-27)24(30)21-17-25-23(19-7-3-2-4-8-19)26-22(21)11-10-18-6-5-9-20(16-18)29(31)32/h2-11,16-17H,12-15H2,1H3/b11-10+. The molecule has 0 atom stereocenters. The number of aromatic nitrogens is 2. The van der Waals surface area contributed by atoms with E-state index in [1.807, 2.05) is 42.3 Å². The second-order valence-corrected chi connectivity index (χ2v) is 7.64. The number of nitrogens with zero attached hydrogens (tertiary/aromatic N) is 5. The van der Waals surface area contributed by atoms with E-state index in [1.54, 1.807) is 30.5 Å². The van der Waals surface area contributed by atoms with E-state index in [9.17, 15) is 14.9 Å². The molecule has 3 aromatic rings. The van der Waals surface area contributed by atoms with Crippen molar-refractivity contribution in [2.24, 2.45) is 0 Å². The molecule has 1 fully saturated rings. The van der Waals surface area contributed by atoms with Crippen LogP contribution in [0, 0.1) is 10.1 Å². The summed E-state index contributed by atoms with van der Waals surface area (Å²) >= 11 is 0. The summed E-state index contributed by atoms with van der Waals surface area (Å²) in [7, 11) is 2.03. The Labute approximate surface area is 186 Å². The number of amides is 1. The van der Waals surface area contributed by atoms with Gasteiger partial charge in [0.15, 0.2) is 5.82 Å². The van der Waals surface area contributed by atoms with Crippen LogP contribution in [0.3, 0.4) is 0 Å². The van der Waals surface area contributed by atoms with Crippen molar-refractivity contribution in [1.29, 1.82) is 0 Å². The molecule has 8 nitrogen and oxygen atoms in total. The van der Waals surface area contributed by atoms with E-state index >= 15 is 0 Å². The number of carbonyl (C=O) groups is 1. The van der Waals surface area contributed by atoms with Crippen molar-refractivity contribution in [3.05, 3.63) is 87.7 Å². The number of nitro benzene ring substituents is 1. The van der Waals surface area contributed by atoms with E-state index < -0.39 is 4.92 Å². The lowest BCUT2D eigenvalue weighted by Gasteiger charge is -2.32. The maximum atomic E-state index is 13.2. The van der Waals surface area contributed by atoms with Gasteiger partial charge in [-0.3, -0.25) is 14.9 Å². The first-order valence-electron chi connectivity index (χ1n) is 10.3. The molecule has 4 rings (SSSR count). The molecule has 0 aliphatic carbocycles. The average Bonchev–Trinajstić information content (AvgIpc) is 2.83. The van der Waals surface area contributed by atoms with Crippen molar-refractivity contribution in [2.75, 3.05) is 33.2 Å². The number of nitro groups is 1. The monoisotopic (exact) mass is 429 g/mol. The quantitative estimate of drug-likeness (QED) is 0.454. The maximum absolute atomic E-state index is 13.2. The van der Waals surface area contributed by atoms with Crippen LogP contribution in [0.2, 0.25) is 0 Å². The van der Waals surface area contributed by atoms with Crippen LogP contribution in [-0.4, -0.2) is 63.8 Å². The van der Waals surface area contributed by atoms with Gasteiger partial charge in [0, 0.05) is 50.1 Å². The van der Waals surface area contributed by atoms with Crippen LogP contribution < -0.4 is 0 Å². The third kappa shape index (κ3) is 4.87. The molecule has 0 radical (unpaired) electrons. The van der Waals surface area contributed by atoms with Crippen molar-refractivity contribution in [3.8, 4) is 11.4 Å². The van der Waals surface area contributed by atoms with Gasteiger partial charge in [-0.25, -0.2) is 9.97 Å². The Balaban J connectivity index is 1.70. The zero-order valence-electron chi connectivity index (χ0n) is 17.7. The van der Waals surface area contributed by atoms with Gasteiger partial charge in [-0.2, -0.15) is 0 Å². The summed E-state index contributed by atoms with van der Waals surface area (Å²) in [5.74, 6) is 0.399. The normalized spacial score (nSPS) is 14.6. The summed E-state index contributed by atoms with van der Waals surface area (Å²) in [5, 5.41) is 11.1. The number of benzene rings is 2. The van der Waals surface area contributed by atoms with Gasteiger partial charge in [-0.1, -0.05) is 48.5 Å². The first-order chi connectivity index (χ1) is 15.5.